The van der Waals surface area contributed by atoms with Crippen LogP contribution in [-0.2, 0) is 0 Å². The monoisotopic (exact) mass is 239 g/mol. The van der Waals surface area contributed by atoms with Gasteiger partial charge in [0.15, 0.2) is 0 Å². The van der Waals surface area contributed by atoms with E-state index in [9.17, 15) is 0 Å². The Morgan fingerprint density at radius 2 is 2.46 bits per heavy atom. The summed E-state index contributed by atoms with van der Waals surface area (Å²) in [6.07, 6.45) is 2.00. The van der Waals surface area contributed by atoms with Crippen molar-refractivity contribution >= 4 is 15.9 Å². The summed E-state index contributed by atoms with van der Waals surface area (Å²) in [5.41, 5.74) is 7.56. The van der Waals surface area contributed by atoms with Crippen molar-refractivity contribution < 1.29 is 0 Å². The van der Waals surface area contributed by atoms with E-state index in [1.165, 1.54) is 0 Å². The molecule has 1 atom stereocenters. The highest BCUT2D eigenvalue weighted by Crippen LogP contribution is 2.18. The third-order valence-corrected chi connectivity index (χ3v) is 2.18. The standard InChI is InChI=1S/C9H10BrN3/c1-6-4-7(10)5-13-9(6)8(12)2-3-11/h4-5,8H,2,12H2,1H3/t8-/m0/s1. The number of nitrogens with zero attached hydrogens (tertiary/aromatic N) is 2. The number of hydrogen-bond donors (Lipinski definition) is 1. The maximum absolute atomic E-state index is 8.48. The van der Waals surface area contributed by atoms with Crippen LogP contribution in [0.15, 0.2) is 16.7 Å². The second kappa shape index (κ2) is 4.35. The fraction of sp³-hybridized carbons (Fsp3) is 0.333. The van der Waals surface area contributed by atoms with Crippen molar-refractivity contribution in [3.63, 3.8) is 0 Å². The summed E-state index contributed by atoms with van der Waals surface area (Å²) < 4.78 is 0.929. The second-order valence-electron chi connectivity index (χ2n) is 2.82. The van der Waals surface area contributed by atoms with Crippen molar-refractivity contribution in [3.8, 4) is 6.07 Å². The number of nitriles is 1. The van der Waals surface area contributed by atoms with Gasteiger partial charge in [-0.2, -0.15) is 5.26 Å². The molecule has 1 aromatic heterocycles. The quantitative estimate of drug-likeness (QED) is 0.860. The topological polar surface area (TPSA) is 62.7 Å². The van der Waals surface area contributed by atoms with E-state index in [1.807, 2.05) is 19.1 Å². The van der Waals surface area contributed by atoms with Gasteiger partial charge in [-0.3, -0.25) is 4.98 Å². The molecule has 0 aliphatic heterocycles. The number of halogens is 1. The predicted octanol–water partition coefficient (Wildman–Crippen LogP) is 2.07. The normalized spacial score (nSPS) is 12.2. The van der Waals surface area contributed by atoms with Gasteiger partial charge in [0.2, 0.25) is 0 Å². The lowest BCUT2D eigenvalue weighted by Gasteiger charge is -2.09. The van der Waals surface area contributed by atoms with Crippen LogP contribution in [0.1, 0.15) is 23.7 Å². The van der Waals surface area contributed by atoms with Crippen LogP contribution in [0.4, 0.5) is 0 Å². The molecular weight excluding hydrogens is 230 g/mol. The molecule has 0 saturated heterocycles. The Labute approximate surface area is 85.7 Å². The van der Waals surface area contributed by atoms with Gasteiger partial charge < -0.3 is 5.73 Å². The van der Waals surface area contributed by atoms with Gasteiger partial charge in [-0.1, -0.05) is 0 Å². The van der Waals surface area contributed by atoms with Gasteiger partial charge in [-0.25, -0.2) is 0 Å². The molecule has 0 fully saturated rings. The highest BCUT2D eigenvalue weighted by Gasteiger charge is 2.09. The zero-order valence-corrected chi connectivity index (χ0v) is 8.87. The SMILES string of the molecule is Cc1cc(Br)cnc1[C@@H](N)CC#N. The Balaban J connectivity index is 2.96. The van der Waals surface area contributed by atoms with Crippen LogP contribution < -0.4 is 5.73 Å². The van der Waals surface area contributed by atoms with Crippen molar-refractivity contribution in [2.24, 2.45) is 5.73 Å². The highest BCUT2D eigenvalue weighted by atomic mass is 79.9. The largest absolute Gasteiger partial charge is 0.322 e. The van der Waals surface area contributed by atoms with E-state index < -0.39 is 0 Å². The Morgan fingerprint density at radius 3 is 3.00 bits per heavy atom. The van der Waals surface area contributed by atoms with E-state index in [2.05, 4.69) is 20.9 Å². The van der Waals surface area contributed by atoms with Crippen LogP contribution in [0.2, 0.25) is 0 Å². The first-order chi connectivity index (χ1) is 6.15. The lowest BCUT2D eigenvalue weighted by Crippen LogP contribution is -2.12. The van der Waals surface area contributed by atoms with Gasteiger partial charge in [0.1, 0.15) is 0 Å². The first-order valence-electron chi connectivity index (χ1n) is 3.89. The van der Waals surface area contributed by atoms with E-state index >= 15 is 0 Å². The Kier molecular flexibility index (Phi) is 3.40. The number of nitrogens with two attached hydrogens (primary N) is 1. The van der Waals surface area contributed by atoms with Crippen LogP contribution in [0.25, 0.3) is 0 Å². The fourth-order valence-corrected chi connectivity index (χ4v) is 1.58. The Morgan fingerprint density at radius 1 is 1.77 bits per heavy atom. The second-order valence-corrected chi connectivity index (χ2v) is 3.74. The summed E-state index contributed by atoms with van der Waals surface area (Å²) in [6.45, 7) is 1.93. The molecule has 0 amide bonds. The fourth-order valence-electron chi connectivity index (χ4n) is 1.13. The molecule has 4 heteroatoms. The Bertz CT molecular complexity index is 343. The molecule has 0 aliphatic carbocycles. The maximum Gasteiger partial charge on any atom is 0.0642 e. The molecule has 0 aliphatic rings. The molecular formula is C9H10BrN3. The van der Waals surface area contributed by atoms with Crippen molar-refractivity contribution in [2.75, 3.05) is 0 Å². The number of aryl methyl sites for hydroxylation is 1. The van der Waals surface area contributed by atoms with E-state index in [0.717, 1.165) is 15.7 Å². The van der Waals surface area contributed by atoms with Gasteiger partial charge in [-0.15, -0.1) is 0 Å². The lowest BCUT2D eigenvalue weighted by molar-refractivity contribution is 0.712. The van der Waals surface area contributed by atoms with Gasteiger partial charge in [0.05, 0.1) is 24.2 Å². The van der Waals surface area contributed by atoms with Crippen molar-refractivity contribution in [3.05, 3.63) is 28.0 Å². The highest BCUT2D eigenvalue weighted by molar-refractivity contribution is 9.10. The van der Waals surface area contributed by atoms with E-state index in [1.54, 1.807) is 6.20 Å². The molecule has 68 valence electrons. The van der Waals surface area contributed by atoms with Gasteiger partial charge in [-0.05, 0) is 34.5 Å². The summed E-state index contributed by atoms with van der Waals surface area (Å²) in [7, 11) is 0. The minimum Gasteiger partial charge on any atom is -0.322 e. The number of pyridine rings is 1. The van der Waals surface area contributed by atoms with Crippen molar-refractivity contribution in [2.45, 2.75) is 19.4 Å². The minimum absolute atomic E-state index is 0.280. The van der Waals surface area contributed by atoms with Crippen LogP contribution in [0, 0.1) is 18.3 Å². The third kappa shape index (κ3) is 2.51. The lowest BCUT2D eigenvalue weighted by atomic mass is 10.1. The molecule has 0 spiro atoms. The summed E-state index contributed by atoms with van der Waals surface area (Å²) in [5, 5.41) is 8.48. The summed E-state index contributed by atoms with van der Waals surface area (Å²) in [4.78, 5) is 4.17. The molecule has 13 heavy (non-hydrogen) atoms. The van der Waals surface area contributed by atoms with E-state index in [-0.39, 0.29) is 6.04 Å². The minimum atomic E-state index is -0.280. The molecule has 1 rings (SSSR count). The third-order valence-electron chi connectivity index (χ3n) is 1.75. The smallest absolute Gasteiger partial charge is 0.0642 e. The average molecular weight is 240 g/mol. The van der Waals surface area contributed by atoms with Gasteiger partial charge in [0.25, 0.3) is 0 Å². The van der Waals surface area contributed by atoms with Gasteiger partial charge in [0, 0.05) is 10.7 Å². The summed E-state index contributed by atoms with van der Waals surface area (Å²) in [6, 6.07) is 3.70. The van der Waals surface area contributed by atoms with Gasteiger partial charge >= 0.3 is 0 Å². The predicted molar refractivity (Wildman–Crippen MR) is 53.8 cm³/mol. The molecule has 2 N–H and O–H groups in total. The summed E-state index contributed by atoms with van der Waals surface area (Å²) in [5.74, 6) is 0. The number of rotatable bonds is 2. The molecule has 0 bridgehead atoms. The first-order valence-corrected chi connectivity index (χ1v) is 4.69. The maximum atomic E-state index is 8.48. The average Bonchev–Trinajstić information content (AvgIpc) is 2.04. The van der Waals surface area contributed by atoms with Crippen LogP contribution >= 0.6 is 15.9 Å². The van der Waals surface area contributed by atoms with E-state index in [0.29, 0.717) is 6.42 Å². The number of aromatic nitrogens is 1. The molecule has 0 unspecified atom stereocenters. The molecule has 3 nitrogen and oxygen atoms in total. The molecule has 0 saturated carbocycles. The van der Waals surface area contributed by atoms with Crippen LogP contribution in [0.5, 0.6) is 0 Å². The Hall–Kier alpha value is -0.920. The first kappa shape index (κ1) is 10.2. The zero-order chi connectivity index (χ0) is 9.84. The molecule has 0 aromatic carbocycles. The molecule has 1 aromatic rings. The van der Waals surface area contributed by atoms with E-state index in [4.69, 9.17) is 11.0 Å². The van der Waals surface area contributed by atoms with Crippen LogP contribution in [0.3, 0.4) is 0 Å². The van der Waals surface area contributed by atoms with Crippen LogP contribution in [-0.4, -0.2) is 4.98 Å². The summed E-state index contributed by atoms with van der Waals surface area (Å²) >= 11 is 3.32. The number of hydrogen-bond acceptors (Lipinski definition) is 3. The molecule has 1 heterocycles. The van der Waals surface area contributed by atoms with Crippen molar-refractivity contribution in [1.82, 2.24) is 4.98 Å². The van der Waals surface area contributed by atoms with Crippen molar-refractivity contribution in [1.29, 1.82) is 5.26 Å². The molecule has 0 radical (unpaired) electrons. The zero-order valence-electron chi connectivity index (χ0n) is 7.29.